The van der Waals surface area contributed by atoms with Crippen molar-refractivity contribution in [2.24, 2.45) is 0 Å². The number of benzene rings is 1. The number of hydrogen-bond donors (Lipinski definition) is 0. The van der Waals surface area contributed by atoms with Crippen LogP contribution in [-0.2, 0) is 11.2 Å². The lowest BCUT2D eigenvalue weighted by Crippen LogP contribution is -2.17. The fourth-order valence-corrected chi connectivity index (χ4v) is 1.60. The molecular formula is C11H8BrF5O2. The van der Waals surface area contributed by atoms with E-state index in [0.29, 0.717) is 0 Å². The summed E-state index contributed by atoms with van der Waals surface area (Å²) in [7, 11) is 0. The lowest BCUT2D eigenvalue weighted by Gasteiger charge is -2.13. The summed E-state index contributed by atoms with van der Waals surface area (Å²) in [5, 5.41) is -0.0694. The van der Waals surface area contributed by atoms with E-state index in [9.17, 15) is 26.7 Å². The Morgan fingerprint density at radius 1 is 1.32 bits per heavy atom. The van der Waals surface area contributed by atoms with Gasteiger partial charge < -0.3 is 4.74 Å². The van der Waals surface area contributed by atoms with Crippen molar-refractivity contribution < 1.29 is 31.5 Å². The molecule has 0 heterocycles. The van der Waals surface area contributed by atoms with E-state index >= 15 is 0 Å². The van der Waals surface area contributed by atoms with Crippen molar-refractivity contribution in [3.05, 3.63) is 29.3 Å². The molecule has 0 aliphatic rings. The lowest BCUT2D eigenvalue weighted by atomic mass is 10.0. The van der Waals surface area contributed by atoms with Gasteiger partial charge in [-0.25, -0.2) is 8.78 Å². The van der Waals surface area contributed by atoms with E-state index in [4.69, 9.17) is 0 Å². The highest BCUT2D eigenvalue weighted by molar-refractivity contribution is 9.09. The molecule has 0 amide bonds. The molecule has 8 heteroatoms. The van der Waals surface area contributed by atoms with Crippen LogP contribution in [0.25, 0.3) is 0 Å². The van der Waals surface area contributed by atoms with Gasteiger partial charge in [-0.2, -0.15) is 0 Å². The predicted molar refractivity (Wildman–Crippen MR) is 60.6 cm³/mol. The number of carbonyl (C=O) groups is 1. The van der Waals surface area contributed by atoms with E-state index < -0.39 is 29.9 Å². The molecule has 0 aliphatic carbocycles. The van der Waals surface area contributed by atoms with E-state index in [2.05, 4.69) is 20.7 Å². The highest BCUT2D eigenvalue weighted by Crippen LogP contribution is 2.30. The van der Waals surface area contributed by atoms with Crippen LogP contribution >= 0.6 is 15.9 Å². The fraction of sp³-hybridized carbons (Fsp3) is 0.364. The van der Waals surface area contributed by atoms with Gasteiger partial charge in [0.2, 0.25) is 0 Å². The van der Waals surface area contributed by atoms with Crippen LogP contribution in [0.4, 0.5) is 22.0 Å². The standard InChI is InChI=1S/C11H8BrF5O2/c12-5-7(18)3-6-4-8(19-11(15,16)17)1-2-9(6)10(13)14/h1-2,4,10H,3,5H2. The third-order valence-corrected chi connectivity index (χ3v) is 2.75. The lowest BCUT2D eigenvalue weighted by molar-refractivity contribution is -0.274. The fourth-order valence-electron chi connectivity index (χ4n) is 1.40. The molecule has 0 unspecified atom stereocenters. The Kier molecular flexibility index (Phi) is 5.28. The van der Waals surface area contributed by atoms with Gasteiger partial charge in [0.15, 0.2) is 0 Å². The van der Waals surface area contributed by atoms with Crippen LogP contribution in [0.3, 0.4) is 0 Å². The monoisotopic (exact) mass is 346 g/mol. The molecule has 0 saturated heterocycles. The zero-order valence-electron chi connectivity index (χ0n) is 9.31. The Bertz CT molecular complexity index is 459. The zero-order chi connectivity index (χ0) is 14.6. The maximum atomic E-state index is 12.7. The molecule has 0 fully saturated rings. The Morgan fingerprint density at radius 2 is 1.95 bits per heavy atom. The number of rotatable bonds is 5. The van der Waals surface area contributed by atoms with Gasteiger partial charge in [-0.15, -0.1) is 13.2 Å². The Labute approximate surface area is 113 Å². The number of hydrogen-bond acceptors (Lipinski definition) is 2. The van der Waals surface area contributed by atoms with Crippen molar-refractivity contribution >= 4 is 21.7 Å². The van der Waals surface area contributed by atoms with E-state index in [1.807, 2.05) is 0 Å². The maximum Gasteiger partial charge on any atom is 0.573 e. The van der Waals surface area contributed by atoms with Gasteiger partial charge in [-0.1, -0.05) is 15.9 Å². The molecule has 0 aliphatic heterocycles. The third-order valence-electron chi connectivity index (χ3n) is 2.12. The second-order valence-electron chi connectivity index (χ2n) is 3.56. The summed E-state index contributed by atoms with van der Waals surface area (Å²) >= 11 is 2.85. The summed E-state index contributed by atoms with van der Waals surface area (Å²) in [5.41, 5.74) is -0.662. The molecule has 0 saturated carbocycles. The van der Waals surface area contributed by atoms with Crippen molar-refractivity contribution in [1.82, 2.24) is 0 Å². The molecule has 1 aromatic carbocycles. The zero-order valence-corrected chi connectivity index (χ0v) is 10.9. The van der Waals surface area contributed by atoms with Crippen molar-refractivity contribution in [2.45, 2.75) is 19.2 Å². The van der Waals surface area contributed by atoms with Gasteiger partial charge in [-0.05, 0) is 23.8 Å². The SMILES string of the molecule is O=C(CBr)Cc1cc(OC(F)(F)F)ccc1C(F)F. The second-order valence-corrected chi connectivity index (χ2v) is 4.12. The van der Waals surface area contributed by atoms with E-state index in [-0.39, 0.29) is 17.3 Å². The number of halogens is 6. The molecule has 19 heavy (non-hydrogen) atoms. The molecule has 0 aromatic heterocycles. The average molecular weight is 347 g/mol. The third kappa shape index (κ3) is 5.14. The van der Waals surface area contributed by atoms with Gasteiger partial charge in [0.05, 0.1) is 5.33 Å². The van der Waals surface area contributed by atoms with Gasteiger partial charge in [-0.3, -0.25) is 4.79 Å². The molecule has 0 atom stereocenters. The molecule has 0 spiro atoms. The van der Waals surface area contributed by atoms with Gasteiger partial charge in [0.25, 0.3) is 6.43 Å². The van der Waals surface area contributed by atoms with Crippen LogP contribution in [0.5, 0.6) is 5.75 Å². The summed E-state index contributed by atoms with van der Waals surface area (Å²) in [6, 6.07) is 2.41. The number of Topliss-reactive ketones (excluding diaryl/α,β-unsaturated/α-hetero) is 1. The van der Waals surface area contributed by atoms with Crippen molar-refractivity contribution in [3.63, 3.8) is 0 Å². The van der Waals surface area contributed by atoms with Crippen molar-refractivity contribution in [2.75, 3.05) is 5.33 Å². The molecule has 0 radical (unpaired) electrons. The summed E-state index contributed by atoms with van der Waals surface area (Å²) in [6.45, 7) is 0. The second kappa shape index (κ2) is 6.31. The minimum Gasteiger partial charge on any atom is -0.406 e. The highest BCUT2D eigenvalue weighted by Gasteiger charge is 2.31. The Balaban J connectivity index is 3.07. The highest BCUT2D eigenvalue weighted by atomic mass is 79.9. The number of alkyl halides is 6. The number of ketones is 1. The summed E-state index contributed by atoms with van der Waals surface area (Å²) in [5.74, 6) is -1.06. The summed E-state index contributed by atoms with van der Waals surface area (Å²) < 4.78 is 65.0. The van der Waals surface area contributed by atoms with E-state index in [1.54, 1.807) is 0 Å². The van der Waals surface area contributed by atoms with Crippen LogP contribution in [-0.4, -0.2) is 17.5 Å². The molecule has 106 valence electrons. The molecule has 2 nitrogen and oxygen atoms in total. The van der Waals surface area contributed by atoms with Crippen LogP contribution in [0.15, 0.2) is 18.2 Å². The summed E-state index contributed by atoms with van der Waals surface area (Å²) in [6.07, 6.45) is -8.18. The minimum absolute atomic E-state index is 0.0694. The first kappa shape index (κ1) is 15.9. The molecule has 0 N–H and O–H groups in total. The molecular weight excluding hydrogens is 339 g/mol. The summed E-state index contributed by atoms with van der Waals surface area (Å²) in [4.78, 5) is 11.2. The largest absolute Gasteiger partial charge is 0.573 e. The number of ether oxygens (including phenoxy) is 1. The van der Waals surface area contributed by atoms with Crippen LogP contribution < -0.4 is 4.74 Å². The quantitative estimate of drug-likeness (QED) is 0.594. The van der Waals surface area contributed by atoms with Gasteiger partial charge >= 0.3 is 6.36 Å². The topological polar surface area (TPSA) is 26.3 Å². The van der Waals surface area contributed by atoms with Crippen LogP contribution in [0, 0.1) is 0 Å². The van der Waals surface area contributed by atoms with Gasteiger partial charge in [0.1, 0.15) is 11.5 Å². The smallest absolute Gasteiger partial charge is 0.406 e. The van der Waals surface area contributed by atoms with Crippen LogP contribution in [0.2, 0.25) is 0 Å². The van der Waals surface area contributed by atoms with Crippen molar-refractivity contribution in [1.29, 1.82) is 0 Å². The van der Waals surface area contributed by atoms with E-state index in [0.717, 1.165) is 18.2 Å². The molecule has 0 bridgehead atoms. The number of carbonyl (C=O) groups excluding carboxylic acids is 1. The Morgan fingerprint density at radius 3 is 2.42 bits per heavy atom. The van der Waals surface area contributed by atoms with Crippen LogP contribution in [0.1, 0.15) is 17.6 Å². The first-order chi connectivity index (χ1) is 8.73. The van der Waals surface area contributed by atoms with Crippen molar-refractivity contribution in [3.8, 4) is 5.75 Å². The Hall–Kier alpha value is -1.18. The molecule has 1 aromatic rings. The van der Waals surface area contributed by atoms with Gasteiger partial charge in [0, 0.05) is 12.0 Å². The predicted octanol–water partition coefficient (Wildman–Crippen LogP) is 4.03. The molecule has 1 rings (SSSR count). The maximum absolute atomic E-state index is 12.7. The normalized spacial score (nSPS) is 11.7. The average Bonchev–Trinajstić information content (AvgIpc) is 2.26. The van der Waals surface area contributed by atoms with E-state index in [1.165, 1.54) is 0 Å². The first-order valence-corrected chi connectivity index (χ1v) is 6.09. The minimum atomic E-state index is -4.91. The first-order valence-electron chi connectivity index (χ1n) is 4.97.